The minimum atomic E-state index is -0.168. The Bertz CT molecular complexity index is 574. The molecule has 0 aliphatic heterocycles. The van der Waals surface area contributed by atoms with Crippen LogP contribution in [0, 0.1) is 0 Å². The van der Waals surface area contributed by atoms with Crippen LogP contribution in [-0.2, 0) is 0 Å². The lowest BCUT2D eigenvalue weighted by Gasteiger charge is -2.20. The highest BCUT2D eigenvalue weighted by Crippen LogP contribution is 2.23. The topological polar surface area (TPSA) is 42.2 Å². The minimum Gasteiger partial charge on any atom is -0.451 e. The van der Waals surface area contributed by atoms with Gasteiger partial charge in [-0.2, -0.15) is 0 Å². The molecule has 0 radical (unpaired) electrons. The highest BCUT2D eigenvalue weighted by molar-refractivity contribution is 6.21. The van der Waals surface area contributed by atoms with Gasteiger partial charge in [-0.15, -0.1) is 11.6 Å². The zero-order valence-electron chi connectivity index (χ0n) is 11.3. The van der Waals surface area contributed by atoms with Crippen LogP contribution in [0.4, 0.5) is 0 Å². The molecule has 106 valence electrons. The highest BCUT2D eigenvalue weighted by atomic mass is 35.5. The predicted octanol–water partition coefficient (Wildman–Crippen LogP) is 4.10. The summed E-state index contributed by atoms with van der Waals surface area (Å²) in [5.41, 5.74) is 0.737. The van der Waals surface area contributed by atoms with E-state index in [0.29, 0.717) is 5.76 Å². The van der Waals surface area contributed by atoms with Crippen molar-refractivity contribution in [1.82, 2.24) is 5.32 Å². The monoisotopic (exact) mass is 291 g/mol. The Morgan fingerprint density at radius 1 is 1.20 bits per heavy atom. The van der Waals surface area contributed by atoms with Gasteiger partial charge in [-0.25, -0.2) is 0 Å². The van der Waals surface area contributed by atoms with E-state index in [1.165, 1.54) is 6.42 Å². The molecular weight excluding hydrogens is 274 g/mol. The predicted molar refractivity (Wildman–Crippen MR) is 80.2 cm³/mol. The van der Waals surface area contributed by atoms with Crippen molar-refractivity contribution in [2.24, 2.45) is 0 Å². The van der Waals surface area contributed by atoms with E-state index >= 15 is 0 Å². The molecule has 0 bridgehead atoms. The number of hydrogen-bond donors (Lipinski definition) is 1. The Kier molecular flexibility index (Phi) is 3.97. The van der Waals surface area contributed by atoms with E-state index in [4.69, 9.17) is 16.0 Å². The average molecular weight is 292 g/mol. The standard InChI is InChI=1S/C16H18ClNO2/c17-12-7-2-1-3-8-13(12)18-16(19)15-10-11-6-4-5-9-14(11)20-15/h4-6,9-10,12-13H,1-3,7-8H2,(H,18,19). The Balaban J connectivity index is 1.74. The van der Waals surface area contributed by atoms with E-state index in [2.05, 4.69) is 5.32 Å². The SMILES string of the molecule is O=C(NC1CCCCCC1Cl)c1cc2ccccc2o1. The fourth-order valence-corrected chi connectivity index (χ4v) is 3.10. The maximum atomic E-state index is 12.3. The van der Waals surface area contributed by atoms with E-state index in [1.54, 1.807) is 6.07 Å². The van der Waals surface area contributed by atoms with E-state index in [-0.39, 0.29) is 17.3 Å². The molecular formula is C16H18ClNO2. The van der Waals surface area contributed by atoms with Gasteiger partial charge >= 0.3 is 0 Å². The molecule has 1 aromatic heterocycles. The molecule has 1 heterocycles. The lowest BCUT2D eigenvalue weighted by molar-refractivity contribution is 0.0908. The molecule has 2 unspecified atom stereocenters. The number of furan rings is 1. The molecule has 0 spiro atoms. The first-order chi connectivity index (χ1) is 9.74. The largest absolute Gasteiger partial charge is 0.451 e. The maximum Gasteiger partial charge on any atom is 0.287 e. The third kappa shape index (κ3) is 2.83. The van der Waals surface area contributed by atoms with Crippen LogP contribution in [0.1, 0.15) is 42.7 Å². The van der Waals surface area contributed by atoms with E-state index in [1.807, 2.05) is 24.3 Å². The lowest BCUT2D eigenvalue weighted by atomic mass is 10.1. The number of carbonyl (C=O) groups is 1. The summed E-state index contributed by atoms with van der Waals surface area (Å²) in [4.78, 5) is 12.3. The molecule has 1 aromatic carbocycles. The number of para-hydroxylation sites is 1. The van der Waals surface area contributed by atoms with Gasteiger partial charge in [0.05, 0.1) is 5.38 Å². The third-order valence-electron chi connectivity index (χ3n) is 3.90. The van der Waals surface area contributed by atoms with Crippen LogP contribution in [-0.4, -0.2) is 17.3 Å². The van der Waals surface area contributed by atoms with Gasteiger partial charge in [0, 0.05) is 11.4 Å². The van der Waals surface area contributed by atoms with Crippen molar-refractivity contribution in [3.8, 4) is 0 Å². The van der Waals surface area contributed by atoms with Gasteiger partial charge in [0.25, 0.3) is 5.91 Å². The van der Waals surface area contributed by atoms with Crippen LogP contribution in [0.15, 0.2) is 34.7 Å². The molecule has 3 nitrogen and oxygen atoms in total. The highest BCUT2D eigenvalue weighted by Gasteiger charge is 2.24. The summed E-state index contributed by atoms with van der Waals surface area (Å²) >= 11 is 6.35. The zero-order chi connectivity index (χ0) is 13.9. The van der Waals surface area contributed by atoms with Crippen molar-refractivity contribution in [2.45, 2.75) is 43.5 Å². The Morgan fingerprint density at radius 3 is 2.85 bits per heavy atom. The van der Waals surface area contributed by atoms with Crippen LogP contribution in [0.2, 0.25) is 0 Å². The fourth-order valence-electron chi connectivity index (χ4n) is 2.76. The molecule has 2 atom stereocenters. The fraction of sp³-hybridized carbons (Fsp3) is 0.438. The van der Waals surface area contributed by atoms with Crippen LogP contribution in [0.25, 0.3) is 11.0 Å². The summed E-state index contributed by atoms with van der Waals surface area (Å²) in [7, 11) is 0. The molecule has 1 aliphatic rings. The summed E-state index contributed by atoms with van der Waals surface area (Å²) in [6, 6.07) is 9.45. The van der Waals surface area contributed by atoms with Gasteiger partial charge in [-0.3, -0.25) is 4.79 Å². The summed E-state index contributed by atoms with van der Waals surface area (Å²) in [6.45, 7) is 0. The molecule has 1 amide bonds. The first kappa shape index (κ1) is 13.5. The molecule has 3 rings (SSSR count). The van der Waals surface area contributed by atoms with Crippen molar-refractivity contribution in [2.75, 3.05) is 0 Å². The molecule has 4 heteroatoms. The molecule has 1 saturated carbocycles. The average Bonchev–Trinajstić information content (AvgIpc) is 2.79. The van der Waals surface area contributed by atoms with E-state index in [9.17, 15) is 4.79 Å². The molecule has 1 fully saturated rings. The summed E-state index contributed by atoms with van der Waals surface area (Å²) in [6.07, 6.45) is 5.37. The second kappa shape index (κ2) is 5.88. The lowest BCUT2D eigenvalue weighted by Crippen LogP contribution is -2.40. The molecule has 1 N–H and O–H groups in total. The number of fused-ring (bicyclic) bond motifs is 1. The van der Waals surface area contributed by atoms with Gasteiger partial charge in [-0.1, -0.05) is 37.5 Å². The minimum absolute atomic E-state index is 0.0193. The van der Waals surface area contributed by atoms with Gasteiger partial charge < -0.3 is 9.73 Å². The van der Waals surface area contributed by atoms with Crippen LogP contribution in [0.5, 0.6) is 0 Å². The first-order valence-corrected chi connectivity index (χ1v) is 7.61. The smallest absolute Gasteiger partial charge is 0.287 e. The molecule has 20 heavy (non-hydrogen) atoms. The van der Waals surface area contributed by atoms with Gasteiger partial charge in [0.15, 0.2) is 5.76 Å². The third-order valence-corrected chi connectivity index (χ3v) is 4.42. The zero-order valence-corrected chi connectivity index (χ0v) is 12.0. The van der Waals surface area contributed by atoms with Crippen molar-refractivity contribution in [3.05, 3.63) is 36.1 Å². The van der Waals surface area contributed by atoms with Gasteiger partial charge in [0.2, 0.25) is 0 Å². The second-order valence-corrected chi connectivity index (χ2v) is 5.94. The van der Waals surface area contributed by atoms with Crippen LogP contribution in [0.3, 0.4) is 0 Å². The van der Waals surface area contributed by atoms with Crippen molar-refractivity contribution < 1.29 is 9.21 Å². The first-order valence-electron chi connectivity index (χ1n) is 7.17. The van der Waals surface area contributed by atoms with Crippen molar-refractivity contribution in [3.63, 3.8) is 0 Å². The molecule has 2 aromatic rings. The Labute approximate surface area is 123 Å². The quantitative estimate of drug-likeness (QED) is 0.668. The number of hydrogen-bond acceptors (Lipinski definition) is 2. The molecule has 1 aliphatic carbocycles. The number of halogens is 1. The Hall–Kier alpha value is -1.48. The van der Waals surface area contributed by atoms with Crippen LogP contribution < -0.4 is 5.32 Å². The molecule has 0 saturated heterocycles. The van der Waals surface area contributed by atoms with Crippen molar-refractivity contribution >= 4 is 28.5 Å². The Morgan fingerprint density at radius 2 is 2.00 bits per heavy atom. The second-order valence-electron chi connectivity index (χ2n) is 5.38. The summed E-state index contributed by atoms with van der Waals surface area (Å²) in [5.74, 6) is 0.193. The number of rotatable bonds is 2. The maximum absolute atomic E-state index is 12.3. The number of alkyl halides is 1. The number of amides is 1. The van der Waals surface area contributed by atoms with E-state index in [0.717, 1.165) is 36.7 Å². The normalized spacial score (nSPS) is 23.4. The van der Waals surface area contributed by atoms with Gasteiger partial charge in [-0.05, 0) is 25.0 Å². The van der Waals surface area contributed by atoms with E-state index < -0.39 is 0 Å². The van der Waals surface area contributed by atoms with Crippen LogP contribution >= 0.6 is 11.6 Å². The summed E-state index contributed by atoms with van der Waals surface area (Å²) < 4.78 is 5.58. The van der Waals surface area contributed by atoms with Gasteiger partial charge in [0.1, 0.15) is 5.58 Å². The number of benzene rings is 1. The number of carbonyl (C=O) groups excluding carboxylic acids is 1. The number of nitrogens with one attached hydrogen (secondary N) is 1. The summed E-state index contributed by atoms with van der Waals surface area (Å²) in [5, 5.41) is 3.99. The van der Waals surface area contributed by atoms with Crippen molar-refractivity contribution in [1.29, 1.82) is 0 Å².